The summed E-state index contributed by atoms with van der Waals surface area (Å²) in [5.74, 6) is 1.48. The molecule has 1 atom stereocenters. The lowest BCUT2D eigenvalue weighted by Gasteiger charge is -2.11. The Hall–Kier alpha value is -1.80. The summed E-state index contributed by atoms with van der Waals surface area (Å²) in [4.78, 5) is 0. The Morgan fingerprint density at radius 2 is 1.55 bits per heavy atom. The van der Waals surface area contributed by atoms with E-state index in [4.69, 9.17) is 9.84 Å². The van der Waals surface area contributed by atoms with Crippen LogP contribution >= 0.6 is 0 Å². The van der Waals surface area contributed by atoms with E-state index in [0.29, 0.717) is 12.5 Å². The van der Waals surface area contributed by atoms with Crippen LogP contribution in [0.2, 0.25) is 0 Å². The lowest BCUT2D eigenvalue weighted by molar-refractivity contribution is 0.281. The van der Waals surface area contributed by atoms with Crippen molar-refractivity contribution in [3.05, 3.63) is 65.2 Å². The van der Waals surface area contributed by atoms with Crippen molar-refractivity contribution in [1.82, 2.24) is 0 Å². The van der Waals surface area contributed by atoms with Gasteiger partial charge in [-0.15, -0.1) is 0 Å². The molecule has 0 amide bonds. The van der Waals surface area contributed by atoms with Gasteiger partial charge < -0.3 is 9.84 Å². The molecule has 0 aliphatic carbocycles. The third kappa shape index (κ3) is 3.84. The van der Waals surface area contributed by atoms with Gasteiger partial charge >= 0.3 is 0 Å². The number of ether oxygens (including phenoxy) is 1. The molecule has 2 aromatic carbocycles. The Morgan fingerprint density at radius 1 is 0.950 bits per heavy atom. The van der Waals surface area contributed by atoms with E-state index >= 15 is 0 Å². The number of aliphatic hydroxyl groups is 1. The van der Waals surface area contributed by atoms with Crippen LogP contribution < -0.4 is 4.74 Å². The van der Waals surface area contributed by atoms with E-state index < -0.39 is 0 Å². The van der Waals surface area contributed by atoms with Crippen molar-refractivity contribution >= 4 is 0 Å². The standard InChI is InChI=1S/C18H22O2/c1-3-14(2)17-8-10-18(11-9-17)20-13-16-6-4-15(12-19)5-7-16/h4-11,14,19H,3,12-13H2,1-2H3. The van der Waals surface area contributed by atoms with E-state index in [1.807, 2.05) is 36.4 Å². The Kier molecular flexibility index (Phi) is 5.19. The topological polar surface area (TPSA) is 29.5 Å². The minimum absolute atomic E-state index is 0.0816. The maximum Gasteiger partial charge on any atom is 0.119 e. The first kappa shape index (κ1) is 14.6. The summed E-state index contributed by atoms with van der Waals surface area (Å²) in [7, 11) is 0. The second-order valence-electron chi connectivity index (χ2n) is 5.14. The molecule has 0 bridgehead atoms. The molecule has 1 unspecified atom stereocenters. The van der Waals surface area contributed by atoms with Crippen molar-refractivity contribution < 1.29 is 9.84 Å². The summed E-state index contributed by atoms with van der Waals surface area (Å²) in [5.41, 5.74) is 3.38. The second kappa shape index (κ2) is 7.11. The Balaban J connectivity index is 1.93. The number of aliphatic hydroxyl groups excluding tert-OH is 1. The van der Waals surface area contributed by atoms with Gasteiger partial charge in [-0.25, -0.2) is 0 Å². The quantitative estimate of drug-likeness (QED) is 0.849. The maximum atomic E-state index is 9.00. The lowest BCUT2D eigenvalue weighted by atomic mass is 9.99. The molecular formula is C18H22O2. The van der Waals surface area contributed by atoms with E-state index in [1.54, 1.807) is 0 Å². The van der Waals surface area contributed by atoms with Gasteiger partial charge in [0.2, 0.25) is 0 Å². The molecule has 2 heteroatoms. The van der Waals surface area contributed by atoms with E-state index in [1.165, 1.54) is 5.56 Å². The summed E-state index contributed by atoms with van der Waals surface area (Å²) in [5, 5.41) is 9.00. The largest absolute Gasteiger partial charge is 0.489 e. The molecule has 0 saturated heterocycles. The van der Waals surface area contributed by atoms with Gasteiger partial charge in [-0.3, -0.25) is 0 Å². The van der Waals surface area contributed by atoms with Crippen LogP contribution in [-0.4, -0.2) is 5.11 Å². The van der Waals surface area contributed by atoms with Crippen LogP contribution in [0.5, 0.6) is 5.75 Å². The molecule has 20 heavy (non-hydrogen) atoms. The fraction of sp³-hybridized carbons (Fsp3) is 0.333. The molecule has 0 spiro atoms. The highest BCUT2D eigenvalue weighted by atomic mass is 16.5. The van der Waals surface area contributed by atoms with Gasteiger partial charge in [0.15, 0.2) is 0 Å². The van der Waals surface area contributed by atoms with Crippen LogP contribution in [0.15, 0.2) is 48.5 Å². The number of hydrogen-bond acceptors (Lipinski definition) is 2. The van der Waals surface area contributed by atoms with Crippen LogP contribution in [0.4, 0.5) is 0 Å². The van der Waals surface area contributed by atoms with Crippen molar-refractivity contribution in [2.45, 2.75) is 39.4 Å². The highest BCUT2D eigenvalue weighted by Crippen LogP contribution is 2.22. The zero-order chi connectivity index (χ0) is 14.4. The SMILES string of the molecule is CCC(C)c1ccc(OCc2ccc(CO)cc2)cc1. The molecule has 106 valence electrons. The van der Waals surface area contributed by atoms with Crippen molar-refractivity contribution in [2.75, 3.05) is 0 Å². The first-order valence-electron chi connectivity index (χ1n) is 7.14. The van der Waals surface area contributed by atoms with Gasteiger partial charge in [-0.05, 0) is 41.2 Å². The number of rotatable bonds is 6. The molecule has 0 fully saturated rings. The molecule has 0 aromatic heterocycles. The Bertz CT molecular complexity index is 514. The van der Waals surface area contributed by atoms with Crippen molar-refractivity contribution in [3.63, 3.8) is 0 Å². The first-order valence-corrected chi connectivity index (χ1v) is 7.14. The molecule has 2 nitrogen and oxygen atoms in total. The summed E-state index contributed by atoms with van der Waals surface area (Å²) in [6.07, 6.45) is 1.15. The summed E-state index contributed by atoms with van der Waals surface area (Å²) >= 11 is 0. The minimum atomic E-state index is 0.0816. The molecule has 0 saturated carbocycles. The molecule has 0 radical (unpaired) electrons. The average Bonchev–Trinajstić information content (AvgIpc) is 2.53. The minimum Gasteiger partial charge on any atom is -0.489 e. The Labute approximate surface area is 121 Å². The molecule has 2 rings (SSSR count). The smallest absolute Gasteiger partial charge is 0.119 e. The van der Waals surface area contributed by atoms with Crippen LogP contribution in [0.1, 0.15) is 42.9 Å². The van der Waals surface area contributed by atoms with Crippen LogP contribution in [-0.2, 0) is 13.2 Å². The van der Waals surface area contributed by atoms with E-state index in [2.05, 4.69) is 26.0 Å². The predicted molar refractivity (Wildman–Crippen MR) is 81.8 cm³/mol. The van der Waals surface area contributed by atoms with Gasteiger partial charge in [0.25, 0.3) is 0 Å². The van der Waals surface area contributed by atoms with E-state index in [-0.39, 0.29) is 6.61 Å². The molecule has 0 aliphatic heterocycles. The van der Waals surface area contributed by atoms with Crippen LogP contribution in [0.3, 0.4) is 0 Å². The zero-order valence-electron chi connectivity index (χ0n) is 12.2. The van der Waals surface area contributed by atoms with Crippen molar-refractivity contribution in [1.29, 1.82) is 0 Å². The zero-order valence-corrected chi connectivity index (χ0v) is 12.2. The van der Waals surface area contributed by atoms with Crippen LogP contribution in [0.25, 0.3) is 0 Å². The van der Waals surface area contributed by atoms with Gasteiger partial charge in [0.1, 0.15) is 12.4 Å². The van der Waals surface area contributed by atoms with Crippen molar-refractivity contribution in [3.8, 4) is 5.75 Å². The molecule has 1 N–H and O–H groups in total. The highest BCUT2D eigenvalue weighted by Gasteiger charge is 2.03. The summed E-state index contributed by atoms with van der Waals surface area (Å²) in [6, 6.07) is 16.2. The van der Waals surface area contributed by atoms with E-state index in [0.717, 1.165) is 23.3 Å². The average molecular weight is 270 g/mol. The third-order valence-electron chi connectivity index (χ3n) is 3.67. The fourth-order valence-electron chi connectivity index (χ4n) is 2.04. The van der Waals surface area contributed by atoms with Gasteiger partial charge in [-0.2, -0.15) is 0 Å². The molecular weight excluding hydrogens is 248 g/mol. The second-order valence-corrected chi connectivity index (χ2v) is 5.14. The van der Waals surface area contributed by atoms with Crippen molar-refractivity contribution in [2.24, 2.45) is 0 Å². The molecule has 0 heterocycles. The third-order valence-corrected chi connectivity index (χ3v) is 3.67. The van der Waals surface area contributed by atoms with Gasteiger partial charge in [0, 0.05) is 0 Å². The van der Waals surface area contributed by atoms with Crippen LogP contribution in [0, 0.1) is 0 Å². The maximum absolute atomic E-state index is 9.00. The Morgan fingerprint density at radius 3 is 2.10 bits per heavy atom. The fourth-order valence-corrected chi connectivity index (χ4v) is 2.04. The predicted octanol–water partition coefficient (Wildman–Crippen LogP) is 4.27. The summed E-state index contributed by atoms with van der Waals surface area (Å²) < 4.78 is 5.77. The van der Waals surface area contributed by atoms with Gasteiger partial charge in [-0.1, -0.05) is 50.2 Å². The molecule has 2 aromatic rings. The lowest BCUT2D eigenvalue weighted by Crippen LogP contribution is -1.97. The molecule has 0 aliphatic rings. The first-order chi connectivity index (χ1) is 9.72. The summed E-state index contributed by atoms with van der Waals surface area (Å²) in [6.45, 7) is 5.07. The normalized spacial score (nSPS) is 12.2. The number of hydrogen-bond donors (Lipinski definition) is 1. The van der Waals surface area contributed by atoms with E-state index in [9.17, 15) is 0 Å². The highest BCUT2D eigenvalue weighted by molar-refractivity contribution is 5.29. The monoisotopic (exact) mass is 270 g/mol. The number of benzene rings is 2. The van der Waals surface area contributed by atoms with Gasteiger partial charge in [0.05, 0.1) is 6.61 Å².